The van der Waals surface area contributed by atoms with E-state index in [-0.39, 0.29) is 5.91 Å². The molecule has 0 heterocycles. The number of carbonyl (C=O) groups excluding carboxylic acids is 1. The number of methoxy groups -OCH3 is 1. The van der Waals surface area contributed by atoms with Crippen molar-refractivity contribution in [3.05, 3.63) is 100 Å². The standard InChI is InChI=1S/C24H22F3NO2/c1-15-12-16(2)14-19(13-15)23(29)28-22(18-6-10-21(30-3)11-7-18)17-4-8-20(9-5-17)24(25,26)27/h4-14,22H,1-3H3,(H,28,29). The normalized spacial score (nSPS) is 12.3. The van der Waals surface area contributed by atoms with E-state index in [0.29, 0.717) is 16.9 Å². The molecule has 6 heteroatoms. The van der Waals surface area contributed by atoms with Gasteiger partial charge in [0.1, 0.15) is 5.75 Å². The van der Waals surface area contributed by atoms with E-state index in [1.807, 2.05) is 19.9 Å². The average molecular weight is 413 g/mol. The maximum atomic E-state index is 13.0. The Morgan fingerprint density at radius 2 is 1.37 bits per heavy atom. The zero-order chi connectivity index (χ0) is 21.9. The summed E-state index contributed by atoms with van der Waals surface area (Å²) in [5.74, 6) is 0.341. The quantitative estimate of drug-likeness (QED) is 0.570. The van der Waals surface area contributed by atoms with Gasteiger partial charge in [0, 0.05) is 5.56 Å². The number of amides is 1. The van der Waals surface area contributed by atoms with Gasteiger partial charge in [-0.2, -0.15) is 13.2 Å². The molecule has 0 saturated carbocycles. The molecule has 1 atom stereocenters. The lowest BCUT2D eigenvalue weighted by Gasteiger charge is -2.21. The smallest absolute Gasteiger partial charge is 0.416 e. The molecule has 3 rings (SSSR count). The van der Waals surface area contributed by atoms with Gasteiger partial charge in [0.05, 0.1) is 18.7 Å². The highest BCUT2D eigenvalue weighted by Crippen LogP contribution is 2.31. The van der Waals surface area contributed by atoms with Crippen LogP contribution in [0.4, 0.5) is 13.2 Å². The summed E-state index contributed by atoms with van der Waals surface area (Å²) in [6.07, 6.45) is -4.42. The Balaban J connectivity index is 1.97. The molecule has 0 spiro atoms. The molecule has 3 aromatic rings. The third-order valence-electron chi connectivity index (χ3n) is 4.78. The molecular weight excluding hydrogens is 391 g/mol. The van der Waals surface area contributed by atoms with Crippen molar-refractivity contribution in [2.75, 3.05) is 7.11 Å². The van der Waals surface area contributed by atoms with Crippen molar-refractivity contribution >= 4 is 5.91 Å². The SMILES string of the molecule is COc1ccc(C(NC(=O)c2cc(C)cc(C)c2)c2ccc(C(F)(F)F)cc2)cc1. The van der Waals surface area contributed by atoms with Gasteiger partial charge in [0.2, 0.25) is 0 Å². The summed E-state index contributed by atoms with van der Waals surface area (Å²) < 4.78 is 44.0. The summed E-state index contributed by atoms with van der Waals surface area (Å²) in [5, 5.41) is 2.96. The molecule has 30 heavy (non-hydrogen) atoms. The summed E-state index contributed by atoms with van der Waals surface area (Å²) in [7, 11) is 1.55. The fourth-order valence-corrected chi connectivity index (χ4v) is 3.34. The van der Waals surface area contributed by atoms with Crippen LogP contribution < -0.4 is 10.1 Å². The summed E-state index contributed by atoms with van der Waals surface area (Å²) >= 11 is 0. The Bertz CT molecular complexity index is 1010. The Morgan fingerprint density at radius 1 is 0.867 bits per heavy atom. The largest absolute Gasteiger partial charge is 0.497 e. The van der Waals surface area contributed by atoms with Crippen molar-refractivity contribution in [3.63, 3.8) is 0 Å². The van der Waals surface area contributed by atoms with Crippen LogP contribution in [-0.2, 0) is 6.18 Å². The van der Waals surface area contributed by atoms with Crippen LogP contribution >= 0.6 is 0 Å². The molecule has 1 amide bonds. The molecule has 0 aromatic heterocycles. The number of aryl methyl sites for hydroxylation is 2. The topological polar surface area (TPSA) is 38.3 Å². The molecule has 0 fully saturated rings. The van der Waals surface area contributed by atoms with E-state index in [1.165, 1.54) is 12.1 Å². The van der Waals surface area contributed by atoms with Crippen LogP contribution in [-0.4, -0.2) is 13.0 Å². The lowest BCUT2D eigenvalue weighted by Crippen LogP contribution is -2.29. The Hall–Kier alpha value is -3.28. The molecule has 0 aliphatic carbocycles. The Morgan fingerprint density at radius 3 is 1.83 bits per heavy atom. The van der Waals surface area contributed by atoms with Gasteiger partial charge in [0.15, 0.2) is 0 Å². The van der Waals surface area contributed by atoms with E-state index in [0.717, 1.165) is 28.8 Å². The van der Waals surface area contributed by atoms with Gasteiger partial charge < -0.3 is 10.1 Å². The molecule has 0 aliphatic rings. The molecule has 1 N–H and O–H groups in total. The Kier molecular flexibility index (Phi) is 6.15. The minimum atomic E-state index is -4.42. The van der Waals surface area contributed by atoms with Crippen LogP contribution in [0.1, 0.15) is 44.2 Å². The predicted octanol–water partition coefficient (Wildman–Crippen LogP) is 5.85. The molecule has 0 bridgehead atoms. The number of ether oxygens (including phenoxy) is 1. The highest BCUT2D eigenvalue weighted by Gasteiger charge is 2.30. The summed E-state index contributed by atoms with van der Waals surface area (Å²) in [5.41, 5.74) is 2.95. The number of alkyl halides is 3. The van der Waals surface area contributed by atoms with E-state index in [9.17, 15) is 18.0 Å². The van der Waals surface area contributed by atoms with Crippen molar-refractivity contribution in [1.29, 1.82) is 0 Å². The van der Waals surface area contributed by atoms with E-state index in [2.05, 4.69) is 5.32 Å². The van der Waals surface area contributed by atoms with Crippen molar-refractivity contribution in [3.8, 4) is 5.75 Å². The maximum Gasteiger partial charge on any atom is 0.416 e. The van der Waals surface area contributed by atoms with Crippen LogP contribution in [0.2, 0.25) is 0 Å². The van der Waals surface area contributed by atoms with Crippen LogP contribution in [0.3, 0.4) is 0 Å². The third kappa shape index (κ3) is 5.00. The van der Waals surface area contributed by atoms with Crippen molar-refractivity contribution in [1.82, 2.24) is 5.32 Å². The van der Waals surface area contributed by atoms with E-state index in [1.54, 1.807) is 43.5 Å². The number of hydrogen-bond donors (Lipinski definition) is 1. The number of carbonyl (C=O) groups is 1. The zero-order valence-corrected chi connectivity index (χ0v) is 16.9. The minimum Gasteiger partial charge on any atom is -0.497 e. The number of nitrogens with one attached hydrogen (secondary N) is 1. The fourth-order valence-electron chi connectivity index (χ4n) is 3.34. The third-order valence-corrected chi connectivity index (χ3v) is 4.78. The first-order valence-corrected chi connectivity index (χ1v) is 9.37. The molecule has 0 saturated heterocycles. The monoisotopic (exact) mass is 413 g/mol. The first kappa shape index (κ1) is 21.4. The van der Waals surface area contributed by atoms with E-state index in [4.69, 9.17) is 4.74 Å². The van der Waals surface area contributed by atoms with Crippen molar-refractivity contribution < 1.29 is 22.7 Å². The van der Waals surface area contributed by atoms with Crippen molar-refractivity contribution in [2.45, 2.75) is 26.1 Å². The first-order chi connectivity index (χ1) is 14.2. The van der Waals surface area contributed by atoms with Gasteiger partial charge in [-0.3, -0.25) is 4.79 Å². The Labute approximate surface area is 173 Å². The second-order valence-corrected chi connectivity index (χ2v) is 7.18. The van der Waals surface area contributed by atoms with Gasteiger partial charge in [-0.25, -0.2) is 0 Å². The van der Waals surface area contributed by atoms with Crippen LogP contribution in [0.5, 0.6) is 5.75 Å². The fraction of sp³-hybridized carbons (Fsp3) is 0.208. The van der Waals surface area contributed by atoms with Gasteiger partial charge >= 0.3 is 6.18 Å². The number of benzene rings is 3. The summed E-state index contributed by atoms with van der Waals surface area (Å²) in [6, 6.07) is 16.8. The van der Waals surface area contributed by atoms with Crippen LogP contribution in [0.15, 0.2) is 66.7 Å². The van der Waals surface area contributed by atoms with E-state index < -0.39 is 17.8 Å². The first-order valence-electron chi connectivity index (χ1n) is 9.37. The second kappa shape index (κ2) is 8.61. The highest BCUT2D eigenvalue weighted by atomic mass is 19.4. The molecule has 0 radical (unpaired) electrons. The van der Waals surface area contributed by atoms with Gasteiger partial charge in [-0.1, -0.05) is 41.5 Å². The summed E-state index contributed by atoms with van der Waals surface area (Å²) in [4.78, 5) is 12.9. The molecule has 0 aliphatic heterocycles. The lowest BCUT2D eigenvalue weighted by molar-refractivity contribution is -0.137. The molecule has 3 aromatic carbocycles. The molecule has 3 nitrogen and oxygen atoms in total. The molecular formula is C24H22F3NO2. The highest BCUT2D eigenvalue weighted by molar-refractivity contribution is 5.95. The average Bonchev–Trinajstić information content (AvgIpc) is 2.71. The molecule has 1 unspecified atom stereocenters. The maximum absolute atomic E-state index is 13.0. The predicted molar refractivity (Wildman–Crippen MR) is 110 cm³/mol. The van der Waals surface area contributed by atoms with Gasteiger partial charge in [0.25, 0.3) is 5.91 Å². The van der Waals surface area contributed by atoms with Crippen LogP contribution in [0, 0.1) is 13.8 Å². The number of halogens is 3. The number of hydrogen-bond acceptors (Lipinski definition) is 2. The second-order valence-electron chi connectivity index (χ2n) is 7.18. The van der Waals surface area contributed by atoms with Gasteiger partial charge in [-0.05, 0) is 61.4 Å². The van der Waals surface area contributed by atoms with Gasteiger partial charge in [-0.15, -0.1) is 0 Å². The molecule has 156 valence electrons. The zero-order valence-electron chi connectivity index (χ0n) is 16.9. The lowest BCUT2D eigenvalue weighted by atomic mass is 9.96. The van der Waals surface area contributed by atoms with E-state index >= 15 is 0 Å². The summed E-state index contributed by atoms with van der Waals surface area (Å²) in [6.45, 7) is 3.81. The van der Waals surface area contributed by atoms with Crippen molar-refractivity contribution in [2.24, 2.45) is 0 Å². The minimum absolute atomic E-state index is 0.303. The van der Waals surface area contributed by atoms with Crippen LogP contribution in [0.25, 0.3) is 0 Å². The number of rotatable bonds is 5.